The fraction of sp³-hybridized carbons (Fsp3) is 0.0714. The van der Waals surface area contributed by atoms with Gasteiger partial charge in [-0.3, -0.25) is 0 Å². The molecule has 2 aromatic rings. The summed E-state index contributed by atoms with van der Waals surface area (Å²) in [5.41, 5.74) is 2.15. The number of nitrogens with zero attached hydrogens (tertiary/aromatic N) is 1. The molecule has 0 aliphatic carbocycles. The molecule has 0 unspecified atom stereocenters. The van der Waals surface area contributed by atoms with Crippen molar-refractivity contribution < 1.29 is 21.1 Å². The molecule has 0 bridgehead atoms. The standard InChI is InChI=1S/C14H11ClN.Pt/c15-14-8-6-13(7-9-14)11-16-10-12-4-2-1-3-5-12;/h1-4,6-10H,11H2;/q-1;. The van der Waals surface area contributed by atoms with Crippen LogP contribution in [0.1, 0.15) is 11.1 Å². The van der Waals surface area contributed by atoms with Gasteiger partial charge in [-0.25, -0.2) is 0 Å². The minimum absolute atomic E-state index is 0. The van der Waals surface area contributed by atoms with Crippen LogP contribution in [0.3, 0.4) is 0 Å². The van der Waals surface area contributed by atoms with Crippen LogP contribution in [0, 0.1) is 6.07 Å². The summed E-state index contributed by atoms with van der Waals surface area (Å²) in [6.45, 7) is 0.667. The van der Waals surface area contributed by atoms with E-state index in [-0.39, 0.29) is 21.1 Å². The first kappa shape index (κ1) is 14.2. The second kappa shape index (κ2) is 7.42. The van der Waals surface area contributed by atoms with Gasteiger partial charge in [0.05, 0.1) is 6.54 Å². The molecule has 0 fully saturated rings. The maximum Gasteiger partial charge on any atom is 0.0532 e. The van der Waals surface area contributed by atoms with Crippen molar-refractivity contribution >= 4 is 17.8 Å². The van der Waals surface area contributed by atoms with Crippen molar-refractivity contribution in [3.05, 3.63) is 70.7 Å². The van der Waals surface area contributed by atoms with E-state index in [1.54, 1.807) is 0 Å². The number of hydrogen-bond donors (Lipinski definition) is 0. The molecule has 0 radical (unpaired) electrons. The Morgan fingerprint density at radius 3 is 2.53 bits per heavy atom. The topological polar surface area (TPSA) is 12.4 Å². The van der Waals surface area contributed by atoms with Crippen molar-refractivity contribution in [2.24, 2.45) is 4.99 Å². The summed E-state index contributed by atoms with van der Waals surface area (Å²) >= 11 is 5.80. The SMILES string of the molecule is Clc1ccc(CN=Cc2[c-]cccc2)cc1.[Pt]. The van der Waals surface area contributed by atoms with E-state index in [1.807, 2.05) is 54.7 Å². The van der Waals surface area contributed by atoms with Crippen LogP contribution in [0.4, 0.5) is 0 Å². The number of benzene rings is 2. The summed E-state index contributed by atoms with van der Waals surface area (Å²) in [5, 5.41) is 0.754. The summed E-state index contributed by atoms with van der Waals surface area (Å²) in [6, 6.07) is 18.6. The fourth-order valence-corrected chi connectivity index (χ4v) is 1.45. The average Bonchev–Trinajstić information content (AvgIpc) is 2.33. The van der Waals surface area contributed by atoms with Gasteiger partial charge in [0.15, 0.2) is 0 Å². The smallest absolute Gasteiger partial charge is 0.0532 e. The molecule has 2 aromatic carbocycles. The predicted molar refractivity (Wildman–Crippen MR) is 68.0 cm³/mol. The van der Waals surface area contributed by atoms with Gasteiger partial charge >= 0.3 is 0 Å². The van der Waals surface area contributed by atoms with Gasteiger partial charge in [-0.05, 0) is 17.7 Å². The first-order chi connectivity index (χ1) is 7.84. The van der Waals surface area contributed by atoms with E-state index in [4.69, 9.17) is 11.6 Å². The Kier molecular flexibility index (Phi) is 6.18. The van der Waals surface area contributed by atoms with Crippen molar-refractivity contribution in [1.82, 2.24) is 0 Å². The van der Waals surface area contributed by atoms with Gasteiger partial charge in [0.1, 0.15) is 0 Å². The molecule has 0 amide bonds. The van der Waals surface area contributed by atoms with Crippen molar-refractivity contribution in [2.45, 2.75) is 6.54 Å². The molecule has 2 rings (SSSR count). The largest absolute Gasteiger partial charge is 0.336 e. The maximum atomic E-state index is 5.80. The Labute approximate surface area is 121 Å². The molecule has 0 spiro atoms. The molecule has 0 aliphatic rings. The second-order valence-corrected chi connectivity index (χ2v) is 3.85. The summed E-state index contributed by atoms with van der Waals surface area (Å²) in [7, 11) is 0. The average molecular weight is 424 g/mol. The molecule has 1 nitrogen and oxygen atoms in total. The van der Waals surface area contributed by atoms with Crippen LogP contribution in [0.5, 0.6) is 0 Å². The van der Waals surface area contributed by atoms with Gasteiger partial charge in [-0.1, -0.05) is 29.9 Å². The Hall–Kier alpha value is -0.912. The zero-order chi connectivity index (χ0) is 11.2. The molecule has 0 N–H and O–H groups in total. The molecule has 3 heteroatoms. The Bertz CT molecular complexity index is 465. The number of halogens is 1. The summed E-state index contributed by atoms with van der Waals surface area (Å²) in [5.74, 6) is 0. The summed E-state index contributed by atoms with van der Waals surface area (Å²) in [4.78, 5) is 4.34. The normalized spacial score (nSPS) is 10.2. The number of aliphatic imine (C=N–C) groups is 1. The van der Waals surface area contributed by atoms with Crippen LogP contribution in [-0.4, -0.2) is 6.21 Å². The van der Waals surface area contributed by atoms with Crippen LogP contribution in [0.15, 0.2) is 53.5 Å². The maximum absolute atomic E-state index is 5.80. The van der Waals surface area contributed by atoms with Crippen molar-refractivity contribution in [3.8, 4) is 0 Å². The molecule has 90 valence electrons. The van der Waals surface area contributed by atoms with Gasteiger partial charge in [-0.2, -0.15) is 0 Å². The molecule has 0 aromatic heterocycles. The predicted octanol–water partition coefficient (Wildman–Crippen LogP) is 3.76. The Balaban J connectivity index is 0.00000144. The molecule has 0 saturated heterocycles. The van der Waals surface area contributed by atoms with Crippen LogP contribution < -0.4 is 0 Å². The minimum Gasteiger partial charge on any atom is -0.336 e. The van der Waals surface area contributed by atoms with Crippen LogP contribution in [-0.2, 0) is 27.6 Å². The van der Waals surface area contributed by atoms with Crippen LogP contribution >= 0.6 is 11.6 Å². The molecule has 0 saturated carbocycles. The number of rotatable bonds is 3. The minimum atomic E-state index is 0. The van der Waals surface area contributed by atoms with Crippen LogP contribution in [0.2, 0.25) is 5.02 Å². The molecule has 0 aliphatic heterocycles. The second-order valence-electron chi connectivity index (χ2n) is 3.41. The van der Waals surface area contributed by atoms with Gasteiger partial charge in [0.2, 0.25) is 0 Å². The fourth-order valence-electron chi connectivity index (χ4n) is 1.33. The van der Waals surface area contributed by atoms with Gasteiger partial charge in [0.25, 0.3) is 0 Å². The van der Waals surface area contributed by atoms with E-state index < -0.39 is 0 Å². The van der Waals surface area contributed by atoms with Gasteiger partial charge in [-0.15, -0.1) is 35.9 Å². The van der Waals surface area contributed by atoms with Gasteiger partial charge < -0.3 is 4.99 Å². The van der Waals surface area contributed by atoms with Gasteiger partial charge in [0, 0.05) is 26.1 Å². The molecular formula is C14H11ClNPt-. The van der Waals surface area contributed by atoms with E-state index in [1.165, 1.54) is 0 Å². The van der Waals surface area contributed by atoms with E-state index in [0.717, 1.165) is 16.1 Å². The zero-order valence-electron chi connectivity index (χ0n) is 9.04. The van der Waals surface area contributed by atoms with E-state index in [2.05, 4.69) is 11.1 Å². The molecule has 0 atom stereocenters. The third-order valence-electron chi connectivity index (χ3n) is 2.15. The Morgan fingerprint density at radius 1 is 1.12 bits per heavy atom. The molecule has 17 heavy (non-hydrogen) atoms. The quantitative estimate of drug-likeness (QED) is 0.526. The summed E-state index contributed by atoms with van der Waals surface area (Å²) in [6.07, 6.45) is 1.83. The zero-order valence-corrected chi connectivity index (χ0v) is 12.1. The van der Waals surface area contributed by atoms with Crippen LogP contribution in [0.25, 0.3) is 0 Å². The first-order valence-electron chi connectivity index (χ1n) is 5.05. The molecule has 0 heterocycles. The number of hydrogen-bond acceptors (Lipinski definition) is 1. The third-order valence-corrected chi connectivity index (χ3v) is 2.40. The van der Waals surface area contributed by atoms with E-state index >= 15 is 0 Å². The van der Waals surface area contributed by atoms with E-state index in [9.17, 15) is 0 Å². The Morgan fingerprint density at radius 2 is 1.88 bits per heavy atom. The van der Waals surface area contributed by atoms with E-state index in [0.29, 0.717) is 6.54 Å². The van der Waals surface area contributed by atoms with Crippen molar-refractivity contribution in [2.75, 3.05) is 0 Å². The summed E-state index contributed by atoms with van der Waals surface area (Å²) < 4.78 is 0. The van der Waals surface area contributed by atoms with Crippen molar-refractivity contribution in [1.29, 1.82) is 0 Å². The first-order valence-corrected chi connectivity index (χ1v) is 5.43. The molecular weight excluding hydrogens is 413 g/mol. The third kappa shape index (κ3) is 4.85. The monoisotopic (exact) mass is 423 g/mol. The van der Waals surface area contributed by atoms with Crippen molar-refractivity contribution in [3.63, 3.8) is 0 Å².